The van der Waals surface area contributed by atoms with Crippen LogP contribution in [-0.2, 0) is 6.42 Å². The van der Waals surface area contributed by atoms with Crippen molar-refractivity contribution in [3.8, 4) is 0 Å². The standard InChI is InChI=1S/C15H17NOS/c17-15(14-8-11-18-12-14)7-10-16-9-6-13-4-2-1-3-5-13/h1-5,8,11-12,16H,6-7,9-10H2. The quantitative estimate of drug-likeness (QED) is 0.611. The molecule has 94 valence electrons. The van der Waals surface area contributed by atoms with E-state index in [1.807, 2.05) is 22.9 Å². The summed E-state index contributed by atoms with van der Waals surface area (Å²) >= 11 is 1.57. The first-order valence-corrected chi connectivity index (χ1v) is 7.10. The van der Waals surface area contributed by atoms with E-state index in [0.29, 0.717) is 6.42 Å². The van der Waals surface area contributed by atoms with Gasteiger partial charge in [-0.15, -0.1) is 0 Å². The van der Waals surface area contributed by atoms with Gasteiger partial charge in [-0.3, -0.25) is 4.79 Å². The second-order valence-corrected chi connectivity index (χ2v) is 4.95. The summed E-state index contributed by atoms with van der Waals surface area (Å²) in [6.07, 6.45) is 1.58. The molecule has 0 bridgehead atoms. The van der Waals surface area contributed by atoms with E-state index in [4.69, 9.17) is 0 Å². The second kappa shape index (κ2) is 7.09. The molecule has 1 aromatic heterocycles. The molecule has 0 aliphatic rings. The molecule has 0 radical (unpaired) electrons. The minimum Gasteiger partial charge on any atom is -0.316 e. The average Bonchev–Trinajstić information content (AvgIpc) is 2.93. The maximum atomic E-state index is 11.7. The zero-order chi connectivity index (χ0) is 12.6. The number of carbonyl (C=O) groups is 1. The summed E-state index contributed by atoms with van der Waals surface area (Å²) in [4.78, 5) is 11.7. The molecular formula is C15H17NOS. The minimum absolute atomic E-state index is 0.225. The van der Waals surface area contributed by atoms with Crippen LogP contribution < -0.4 is 5.32 Å². The number of nitrogens with one attached hydrogen (secondary N) is 1. The third-order valence-electron chi connectivity index (χ3n) is 2.81. The molecule has 0 unspecified atom stereocenters. The van der Waals surface area contributed by atoms with Crippen molar-refractivity contribution in [3.05, 3.63) is 58.3 Å². The van der Waals surface area contributed by atoms with Gasteiger partial charge in [-0.1, -0.05) is 30.3 Å². The van der Waals surface area contributed by atoms with Crippen molar-refractivity contribution in [3.63, 3.8) is 0 Å². The summed E-state index contributed by atoms with van der Waals surface area (Å²) < 4.78 is 0. The Morgan fingerprint density at radius 1 is 1.11 bits per heavy atom. The maximum Gasteiger partial charge on any atom is 0.164 e. The summed E-state index contributed by atoms with van der Waals surface area (Å²) in [5.41, 5.74) is 2.17. The Bertz CT molecular complexity index is 465. The van der Waals surface area contributed by atoms with Gasteiger partial charge >= 0.3 is 0 Å². The first-order valence-electron chi connectivity index (χ1n) is 6.16. The van der Waals surface area contributed by atoms with Crippen LogP contribution in [0.15, 0.2) is 47.2 Å². The monoisotopic (exact) mass is 259 g/mol. The number of benzene rings is 1. The van der Waals surface area contributed by atoms with Crippen LogP contribution >= 0.6 is 11.3 Å². The predicted molar refractivity (Wildman–Crippen MR) is 76.3 cm³/mol. The van der Waals surface area contributed by atoms with Crippen molar-refractivity contribution in [1.82, 2.24) is 5.32 Å². The zero-order valence-corrected chi connectivity index (χ0v) is 11.1. The van der Waals surface area contributed by atoms with E-state index in [1.165, 1.54) is 5.56 Å². The SMILES string of the molecule is O=C(CCNCCc1ccccc1)c1ccsc1. The van der Waals surface area contributed by atoms with Gasteiger partial charge in [0.25, 0.3) is 0 Å². The lowest BCUT2D eigenvalue weighted by atomic mass is 10.1. The van der Waals surface area contributed by atoms with Crippen LogP contribution in [0.5, 0.6) is 0 Å². The van der Waals surface area contributed by atoms with Crippen LogP contribution in [0.1, 0.15) is 22.3 Å². The molecule has 1 aromatic carbocycles. The van der Waals surface area contributed by atoms with Gasteiger partial charge in [0.2, 0.25) is 0 Å². The van der Waals surface area contributed by atoms with E-state index in [1.54, 1.807) is 11.3 Å². The molecule has 18 heavy (non-hydrogen) atoms. The van der Waals surface area contributed by atoms with E-state index < -0.39 is 0 Å². The summed E-state index contributed by atoms with van der Waals surface area (Å²) in [7, 11) is 0. The molecule has 0 saturated carbocycles. The molecule has 0 spiro atoms. The first-order chi connectivity index (χ1) is 8.86. The molecule has 1 N–H and O–H groups in total. The van der Waals surface area contributed by atoms with Crippen LogP contribution in [0, 0.1) is 0 Å². The zero-order valence-electron chi connectivity index (χ0n) is 10.3. The number of Topliss-reactive ketones (excluding diaryl/α,β-unsaturated/α-hetero) is 1. The van der Waals surface area contributed by atoms with Gasteiger partial charge in [0.15, 0.2) is 5.78 Å². The third kappa shape index (κ3) is 4.09. The lowest BCUT2D eigenvalue weighted by Crippen LogP contribution is -2.20. The number of carbonyl (C=O) groups excluding carboxylic acids is 1. The third-order valence-corrected chi connectivity index (χ3v) is 3.49. The normalized spacial score (nSPS) is 10.4. The molecule has 2 rings (SSSR count). The van der Waals surface area contributed by atoms with Gasteiger partial charge in [-0.05, 0) is 30.0 Å². The Hall–Kier alpha value is -1.45. The molecule has 3 heteroatoms. The van der Waals surface area contributed by atoms with Crippen molar-refractivity contribution in [2.45, 2.75) is 12.8 Å². The Labute approximate surface area is 112 Å². The fourth-order valence-electron chi connectivity index (χ4n) is 1.77. The lowest BCUT2D eigenvalue weighted by molar-refractivity contribution is 0.0983. The van der Waals surface area contributed by atoms with Crippen LogP contribution in [0.2, 0.25) is 0 Å². The largest absolute Gasteiger partial charge is 0.316 e. The van der Waals surface area contributed by atoms with Gasteiger partial charge < -0.3 is 5.32 Å². The smallest absolute Gasteiger partial charge is 0.164 e. The van der Waals surface area contributed by atoms with Gasteiger partial charge in [0, 0.05) is 23.9 Å². The van der Waals surface area contributed by atoms with Crippen LogP contribution in [0.4, 0.5) is 0 Å². The average molecular weight is 259 g/mol. The fraction of sp³-hybridized carbons (Fsp3) is 0.267. The van der Waals surface area contributed by atoms with E-state index in [0.717, 1.165) is 25.1 Å². The van der Waals surface area contributed by atoms with Crippen molar-refractivity contribution in [2.24, 2.45) is 0 Å². The van der Waals surface area contributed by atoms with Gasteiger partial charge in [0.1, 0.15) is 0 Å². The second-order valence-electron chi connectivity index (χ2n) is 4.17. The maximum absolute atomic E-state index is 11.7. The summed E-state index contributed by atoms with van der Waals surface area (Å²) in [6.45, 7) is 1.67. The van der Waals surface area contributed by atoms with E-state index in [2.05, 4.69) is 29.6 Å². The van der Waals surface area contributed by atoms with Crippen molar-refractivity contribution in [2.75, 3.05) is 13.1 Å². The highest BCUT2D eigenvalue weighted by atomic mass is 32.1. The van der Waals surface area contributed by atoms with Crippen LogP contribution in [-0.4, -0.2) is 18.9 Å². The summed E-state index contributed by atoms with van der Waals surface area (Å²) in [5, 5.41) is 7.16. The predicted octanol–water partition coefficient (Wildman–Crippen LogP) is 3.15. The Balaban J connectivity index is 1.61. The molecule has 2 nitrogen and oxygen atoms in total. The molecule has 0 fully saturated rings. The number of ketones is 1. The highest BCUT2D eigenvalue weighted by molar-refractivity contribution is 7.08. The fourth-order valence-corrected chi connectivity index (χ4v) is 2.43. The highest BCUT2D eigenvalue weighted by Gasteiger charge is 2.04. The number of hydrogen-bond donors (Lipinski definition) is 1. The molecule has 1 heterocycles. The summed E-state index contributed by atoms with van der Waals surface area (Å²) in [5.74, 6) is 0.225. The molecule has 0 amide bonds. The van der Waals surface area contributed by atoms with Crippen LogP contribution in [0.25, 0.3) is 0 Å². The van der Waals surface area contributed by atoms with Gasteiger partial charge in [-0.25, -0.2) is 0 Å². The van der Waals surface area contributed by atoms with E-state index >= 15 is 0 Å². The van der Waals surface area contributed by atoms with E-state index in [9.17, 15) is 4.79 Å². The molecule has 0 saturated heterocycles. The Morgan fingerprint density at radius 2 is 1.94 bits per heavy atom. The van der Waals surface area contributed by atoms with E-state index in [-0.39, 0.29) is 5.78 Å². The molecule has 0 atom stereocenters. The van der Waals surface area contributed by atoms with Gasteiger partial charge in [-0.2, -0.15) is 11.3 Å². The van der Waals surface area contributed by atoms with Gasteiger partial charge in [0.05, 0.1) is 0 Å². The highest BCUT2D eigenvalue weighted by Crippen LogP contribution is 2.08. The minimum atomic E-state index is 0.225. The number of thiophene rings is 1. The number of rotatable bonds is 7. The Morgan fingerprint density at radius 3 is 2.67 bits per heavy atom. The molecule has 2 aromatic rings. The van der Waals surface area contributed by atoms with Crippen LogP contribution in [0.3, 0.4) is 0 Å². The van der Waals surface area contributed by atoms with Crippen molar-refractivity contribution >= 4 is 17.1 Å². The summed E-state index contributed by atoms with van der Waals surface area (Å²) in [6, 6.07) is 12.3. The Kier molecular flexibility index (Phi) is 5.12. The topological polar surface area (TPSA) is 29.1 Å². The lowest BCUT2D eigenvalue weighted by Gasteiger charge is -2.04. The molecule has 0 aliphatic heterocycles. The van der Waals surface area contributed by atoms with Crippen molar-refractivity contribution < 1.29 is 4.79 Å². The number of hydrogen-bond acceptors (Lipinski definition) is 3. The molecule has 0 aliphatic carbocycles. The first kappa shape index (κ1) is 13.0. The van der Waals surface area contributed by atoms with Crippen molar-refractivity contribution in [1.29, 1.82) is 0 Å². The molecular weight excluding hydrogens is 242 g/mol.